The average Bonchev–Trinajstić information content (AvgIpc) is 3.08. The number of rotatable bonds is 6. The second kappa shape index (κ2) is 5.32. The topological polar surface area (TPSA) is 35.5 Å². The molecule has 0 radical (unpaired) electrons. The minimum atomic E-state index is 0.342. The lowest BCUT2D eigenvalue weighted by Gasteiger charge is -2.15. The Morgan fingerprint density at radius 1 is 1.44 bits per heavy atom. The van der Waals surface area contributed by atoms with Crippen molar-refractivity contribution in [2.45, 2.75) is 25.4 Å². The van der Waals surface area contributed by atoms with Gasteiger partial charge in [0, 0.05) is 25.7 Å². The lowest BCUT2D eigenvalue weighted by atomic mass is 10.2. The van der Waals surface area contributed by atoms with Crippen LogP contribution in [0.3, 0.4) is 0 Å². The lowest BCUT2D eigenvalue weighted by Crippen LogP contribution is -2.30. The Labute approximate surface area is 97.1 Å². The van der Waals surface area contributed by atoms with Gasteiger partial charge in [0.25, 0.3) is 0 Å². The summed E-state index contributed by atoms with van der Waals surface area (Å²) in [6.45, 7) is 2.93. The first-order valence-corrected chi connectivity index (χ1v) is 5.94. The molecule has 0 atom stereocenters. The highest BCUT2D eigenvalue weighted by atomic mass is 16.3. The van der Waals surface area contributed by atoms with E-state index in [0.29, 0.717) is 5.75 Å². The molecule has 0 amide bonds. The maximum Gasteiger partial charge on any atom is 0.115 e. The van der Waals surface area contributed by atoms with Crippen LogP contribution in [-0.2, 0) is 6.54 Å². The van der Waals surface area contributed by atoms with Gasteiger partial charge in [-0.25, -0.2) is 0 Å². The van der Waals surface area contributed by atoms with Crippen LogP contribution in [0.5, 0.6) is 5.75 Å². The third kappa shape index (κ3) is 3.51. The van der Waals surface area contributed by atoms with Crippen LogP contribution in [0.15, 0.2) is 24.3 Å². The molecular weight excluding hydrogens is 200 g/mol. The van der Waals surface area contributed by atoms with Crippen LogP contribution >= 0.6 is 0 Å². The maximum absolute atomic E-state index is 9.30. The molecular formula is C13H20N2O. The summed E-state index contributed by atoms with van der Waals surface area (Å²) in [4.78, 5) is 2.41. The summed E-state index contributed by atoms with van der Waals surface area (Å²) >= 11 is 0. The Balaban J connectivity index is 1.63. The molecule has 1 aromatic carbocycles. The van der Waals surface area contributed by atoms with E-state index < -0.39 is 0 Å². The summed E-state index contributed by atoms with van der Waals surface area (Å²) < 4.78 is 0. The number of likely N-dealkylation sites (N-methyl/N-ethyl adjacent to an activating group) is 1. The van der Waals surface area contributed by atoms with E-state index in [1.165, 1.54) is 12.8 Å². The van der Waals surface area contributed by atoms with Crippen molar-refractivity contribution in [3.63, 3.8) is 0 Å². The molecule has 1 aromatic rings. The van der Waals surface area contributed by atoms with Gasteiger partial charge in [0.1, 0.15) is 5.75 Å². The molecule has 1 aliphatic carbocycles. The van der Waals surface area contributed by atoms with Crippen LogP contribution in [0.4, 0.5) is 0 Å². The highest BCUT2D eigenvalue weighted by molar-refractivity contribution is 5.26. The number of benzene rings is 1. The third-order valence-corrected chi connectivity index (χ3v) is 3.05. The number of nitrogens with one attached hydrogen (secondary N) is 1. The van der Waals surface area contributed by atoms with Crippen LogP contribution < -0.4 is 5.32 Å². The Kier molecular flexibility index (Phi) is 3.80. The van der Waals surface area contributed by atoms with Gasteiger partial charge < -0.3 is 15.3 Å². The maximum atomic E-state index is 9.30. The zero-order valence-electron chi connectivity index (χ0n) is 9.82. The molecule has 88 valence electrons. The van der Waals surface area contributed by atoms with Gasteiger partial charge in [0.2, 0.25) is 0 Å². The summed E-state index contributed by atoms with van der Waals surface area (Å²) in [6.07, 6.45) is 2.73. The first-order chi connectivity index (χ1) is 7.75. The highest BCUT2D eigenvalue weighted by Gasteiger charge is 2.25. The van der Waals surface area contributed by atoms with E-state index in [9.17, 15) is 5.11 Å². The smallest absolute Gasteiger partial charge is 0.115 e. The van der Waals surface area contributed by atoms with Gasteiger partial charge >= 0.3 is 0 Å². The summed E-state index contributed by atoms with van der Waals surface area (Å²) in [5, 5.41) is 12.7. The van der Waals surface area contributed by atoms with Gasteiger partial charge in [-0.2, -0.15) is 0 Å². The van der Waals surface area contributed by atoms with E-state index in [-0.39, 0.29) is 0 Å². The quantitative estimate of drug-likeness (QED) is 0.714. The average molecular weight is 220 g/mol. The number of phenols is 1. The largest absolute Gasteiger partial charge is 0.508 e. The SMILES string of the molecule is CN(CCNCc1cccc(O)c1)C1CC1. The molecule has 16 heavy (non-hydrogen) atoms. The minimum Gasteiger partial charge on any atom is -0.508 e. The standard InChI is InChI=1S/C13H20N2O/c1-15(12-5-6-12)8-7-14-10-11-3-2-4-13(16)9-11/h2-4,9,12,14,16H,5-8,10H2,1H3. The van der Waals surface area contributed by atoms with Gasteiger partial charge in [-0.05, 0) is 37.6 Å². The second-order valence-electron chi connectivity index (χ2n) is 4.56. The molecule has 0 heterocycles. The van der Waals surface area contributed by atoms with Crippen molar-refractivity contribution < 1.29 is 5.11 Å². The predicted molar refractivity (Wildman–Crippen MR) is 65.5 cm³/mol. The van der Waals surface area contributed by atoms with Gasteiger partial charge in [0.15, 0.2) is 0 Å². The summed E-state index contributed by atoms with van der Waals surface area (Å²) in [5.74, 6) is 0.342. The van der Waals surface area contributed by atoms with Crippen LogP contribution in [0.2, 0.25) is 0 Å². The van der Waals surface area contributed by atoms with Crippen LogP contribution in [0, 0.1) is 0 Å². The molecule has 0 unspecified atom stereocenters. The Hall–Kier alpha value is -1.06. The van der Waals surface area contributed by atoms with E-state index in [2.05, 4.69) is 17.3 Å². The zero-order valence-corrected chi connectivity index (χ0v) is 9.82. The molecule has 3 heteroatoms. The van der Waals surface area contributed by atoms with Gasteiger partial charge in [-0.15, -0.1) is 0 Å². The van der Waals surface area contributed by atoms with E-state index in [1.54, 1.807) is 12.1 Å². The van der Waals surface area contributed by atoms with Crippen molar-refractivity contribution >= 4 is 0 Å². The summed E-state index contributed by atoms with van der Waals surface area (Å²) in [7, 11) is 2.19. The zero-order chi connectivity index (χ0) is 11.4. The van der Waals surface area contributed by atoms with Gasteiger partial charge in [-0.1, -0.05) is 12.1 Å². The first-order valence-electron chi connectivity index (χ1n) is 5.94. The fourth-order valence-electron chi connectivity index (χ4n) is 1.85. The first kappa shape index (κ1) is 11.4. The Morgan fingerprint density at radius 2 is 2.25 bits per heavy atom. The van der Waals surface area contributed by atoms with Crippen LogP contribution in [-0.4, -0.2) is 36.2 Å². The summed E-state index contributed by atoms with van der Waals surface area (Å²) in [5.41, 5.74) is 1.13. The molecule has 0 aromatic heterocycles. The molecule has 0 saturated heterocycles. The third-order valence-electron chi connectivity index (χ3n) is 3.05. The number of phenolic OH excluding ortho intramolecular Hbond substituents is 1. The molecule has 3 nitrogen and oxygen atoms in total. The minimum absolute atomic E-state index is 0.342. The van der Waals surface area contributed by atoms with E-state index in [1.807, 2.05) is 12.1 Å². The fraction of sp³-hybridized carbons (Fsp3) is 0.538. The highest BCUT2D eigenvalue weighted by Crippen LogP contribution is 2.24. The number of hydrogen-bond donors (Lipinski definition) is 2. The molecule has 2 N–H and O–H groups in total. The van der Waals surface area contributed by atoms with E-state index in [0.717, 1.165) is 31.2 Å². The van der Waals surface area contributed by atoms with Crippen LogP contribution in [0.1, 0.15) is 18.4 Å². The number of aromatic hydroxyl groups is 1. The monoisotopic (exact) mass is 220 g/mol. The van der Waals surface area contributed by atoms with Crippen molar-refractivity contribution in [2.75, 3.05) is 20.1 Å². The molecule has 0 bridgehead atoms. The Bertz CT molecular complexity index is 336. The van der Waals surface area contributed by atoms with Gasteiger partial charge in [-0.3, -0.25) is 0 Å². The van der Waals surface area contributed by atoms with E-state index in [4.69, 9.17) is 0 Å². The Morgan fingerprint density at radius 3 is 2.94 bits per heavy atom. The molecule has 0 aliphatic heterocycles. The number of nitrogens with zero attached hydrogens (tertiary/aromatic N) is 1. The molecule has 1 fully saturated rings. The molecule has 0 spiro atoms. The van der Waals surface area contributed by atoms with Crippen molar-refractivity contribution in [1.82, 2.24) is 10.2 Å². The van der Waals surface area contributed by atoms with Crippen LogP contribution in [0.25, 0.3) is 0 Å². The fourth-order valence-corrected chi connectivity index (χ4v) is 1.85. The lowest BCUT2D eigenvalue weighted by molar-refractivity contribution is 0.321. The second-order valence-corrected chi connectivity index (χ2v) is 4.56. The van der Waals surface area contributed by atoms with Crippen molar-refractivity contribution in [3.05, 3.63) is 29.8 Å². The van der Waals surface area contributed by atoms with E-state index >= 15 is 0 Å². The van der Waals surface area contributed by atoms with Gasteiger partial charge in [0.05, 0.1) is 0 Å². The van der Waals surface area contributed by atoms with Crippen molar-refractivity contribution in [3.8, 4) is 5.75 Å². The predicted octanol–water partition coefficient (Wildman–Crippen LogP) is 1.58. The molecule has 1 saturated carbocycles. The summed E-state index contributed by atoms with van der Waals surface area (Å²) in [6, 6.07) is 8.24. The molecule has 2 rings (SSSR count). The van der Waals surface area contributed by atoms with Crippen molar-refractivity contribution in [1.29, 1.82) is 0 Å². The number of hydrogen-bond acceptors (Lipinski definition) is 3. The molecule has 1 aliphatic rings. The van der Waals surface area contributed by atoms with Crippen molar-refractivity contribution in [2.24, 2.45) is 0 Å². The normalized spacial score (nSPS) is 15.6.